The Morgan fingerprint density at radius 3 is 2.38 bits per heavy atom. The Balaban J connectivity index is 2.66. The molecule has 0 spiro atoms. The van der Waals surface area contributed by atoms with Crippen molar-refractivity contribution in [1.29, 1.82) is 0 Å². The summed E-state index contributed by atoms with van der Waals surface area (Å²) in [6.45, 7) is 10.7. The molecule has 2 aromatic rings. The molecule has 3 N–H and O–H groups in total. The monoisotopic (exact) mass is 371 g/mol. The maximum atomic E-state index is 11.2. The third-order valence-electron chi connectivity index (χ3n) is 4.25. The molecule has 0 aliphatic heterocycles. The molecule has 2 rings (SSSR count). The molecule has 1 atom stereocenters. The van der Waals surface area contributed by atoms with Crippen LogP contribution in [0.25, 0.3) is 11.1 Å². The number of hydrogen-bond acceptors (Lipinski definition) is 3. The molecule has 0 aromatic heterocycles. The highest BCUT2D eigenvalue weighted by molar-refractivity contribution is 6.49. The maximum Gasteiger partial charge on any atom is 0.305 e. The smallest absolute Gasteiger partial charge is 0.305 e. The van der Waals surface area contributed by atoms with Gasteiger partial charge in [-0.2, -0.15) is 0 Å². The van der Waals surface area contributed by atoms with E-state index in [0.29, 0.717) is 0 Å². The second-order valence-corrected chi connectivity index (χ2v) is 10.3. The van der Waals surface area contributed by atoms with Crippen LogP contribution < -0.4 is 10.2 Å². The van der Waals surface area contributed by atoms with Crippen LogP contribution in [0.15, 0.2) is 42.5 Å². The zero-order chi connectivity index (χ0) is 19.5. The minimum Gasteiger partial charge on any atom is -0.547 e. The van der Waals surface area contributed by atoms with Crippen molar-refractivity contribution in [2.75, 3.05) is 0 Å². The first kappa shape index (κ1) is 20.2. The normalized spacial score (nSPS) is 12.9. The Labute approximate surface area is 157 Å². The van der Waals surface area contributed by atoms with Crippen LogP contribution in [-0.2, 0) is 10.2 Å². The molecule has 0 saturated heterocycles. The van der Waals surface area contributed by atoms with Crippen LogP contribution in [0.5, 0.6) is 5.75 Å². The molecule has 0 amide bonds. The van der Waals surface area contributed by atoms with Crippen molar-refractivity contribution < 1.29 is 14.3 Å². The number of carboxylic acid groups (broad SMARTS) is 1. The molecule has 0 saturated carbocycles. The lowest BCUT2D eigenvalue weighted by atomic mass is 9.82. The van der Waals surface area contributed by atoms with E-state index in [9.17, 15) is 4.79 Å². The maximum absolute atomic E-state index is 11.2. The van der Waals surface area contributed by atoms with Gasteiger partial charge in [0.1, 0.15) is 5.75 Å². The Morgan fingerprint density at radius 2 is 1.81 bits per heavy atom. The number of rotatable bonds is 6. The van der Waals surface area contributed by atoms with Gasteiger partial charge in [0.05, 0.1) is 6.42 Å². The molecule has 0 radical (unpaired) electrons. The number of para-hydroxylation sites is 1. The van der Waals surface area contributed by atoms with Gasteiger partial charge in [-0.15, -0.1) is 0 Å². The van der Waals surface area contributed by atoms with Crippen LogP contribution in [0.1, 0.15) is 44.4 Å². The molecular formula is C21H29NO3Si. The van der Waals surface area contributed by atoms with Gasteiger partial charge in [0.2, 0.25) is 9.04 Å². The van der Waals surface area contributed by atoms with E-state index in [-0.39, 0.29) is 11.8 Å². The Morgan fingerprint density at radius 1 is 1.15 bits per heavy atom. The molecule has 4 nitrogen and oxygen atoms in total. The van der Waals surface area contributed by atoms with E-state index in [0.717, 1.165) is 22.4 Å². The molecule has 0 heterocycles. The Kier molecular flexibility index (Phi) is 6.26. The van der Waals surface area contributed by atoms with Gasteiger partial charge >= 0.3 is 5.97 Å². The van der Waals surface area contributed by atoms with E-state index in [2.05, 4.69) is 39.9 Å². The van der Waals surface area contributed by atoms with Crippen LogP contribution >= 0.6 is 0 Å². The second kappa shape index (κ2) is 8.06. The van der Waals surface area contributed by atoms with Crippen LogP contribution in [0.2, 0.25) is 13.1 Å². The fraction of sp³-hybridized carbons (Fsp3) is 0.381. The molecular weight excluding hydrogens is 342 g/mol. The fourth-order valence-electron chi connectivity index (χ4n) is 2.92. The topological polar surface area (TPSA) is 72.5 Å². The minimum absolute atomic E-state index is 0.0211. The van der Waals surface area contributed by atoms with Crippen molar-refractivity contribution in [3.8, 4) is 16.9 Å². The summed E-state index contributed by atoms with van der Waals surface area (Å²) >= 11 is 0. The highest BCUT2D eigenvalue weighted by Gasteiger charge is 2.21. The zero-order valence-electron chi connectivity index (χ0n) is 16.2. The van der Waals surface area contributed by atoms with Crippen molar-refractivity contribution in [3.05, 3.63) is 53.6 Å². The van der Waals surface area contributed by atoms with Gasteiger partial charge in [-0.25, -0.2) is 0 Å². The molecule has 2 aromatic carbocycles. The Hall–Kier alpha value is -2.11. The largest absolute Gasteiger partial charge is 0.547 e. The van der Waals surface area contributed by atoms with Crippen molar-refractivity contribution >= 4 is 15.0 Å². The fourth-order valence-corrected chi connectivity index (χ4v) is 3.64. The average molecular weight is 372 g/mol. The van der Waals surface area contributed by atoms with E-state index in [1.807, 2.05) is 36.4 Å². The van der Waals surface area contributed by atoms with E-state index in [1.54, 1.807) is 0 Å². The SMILES string of the molecule is C[SiH](C)Oc1ccccc1-c1cc(C(C)(C)C)ccc1C(N)CC(=O)O. The molecule has 0 bridgehead atoms. The first-order valence-corrected chi connectivity index (χ1v) is 11.8. The lowest BCUT2D eigenvalue weighted by molar-refractivity contribution is -0.137. The third-order valence-corrected chi connectivity index (χ3v) is 4.98. The first-order chi connectivity index (χ1) is 12.1. The van der Waals surface area contributed by atoms with Gasteiger partial charge in [-0.05, 0) is 41.3 Å². The molecule has 140 valence electrons. The quantitative estimate of drug-likeness (QED) is 0.734. The van der Waals surface area contributed by atoms with Gasteiger partial charge in [-0.1, -0.05) is 57.2 Å². The average Bonchev–Trinajstić information content (AvgIpc) is 2.52. The third kappa shape index (κ3) is 4.96. The van der Waals surface area contributed by atoms with Gasteiger partial charge in [0.15, 0.2) is 0 Å². The van der Waals surface area contributed by atoms with Gasteiger partial charge in [-0.3, -0.25) is 4.79 Å². The van der Waals surface area contributed by atoms with Crippen molar-refractivity contribution in [3.63, 3.8) is 0 Å². The summed E-state index contributed by atoms with van der Waals surface area (Å²) in [5.41, 5.74) is 10.1. The van der Waals surface area contributed by atoms with Gasteiger partial charge in [0, 0.05) is 11.6 Å². The summed E-state index contributed by atoms with van der Waals surface area (Å²) < 4.78 is 6.12. The van der Waals surface area contributed by atoms with Gasteiger partial charge in [0.25, 0.3) is 0 Å². The van der Waals surface area contributed by atoms with Crippen LogP contribution in [0.3, 0.4) is 0 Å². The Bertz CT molecular complexity index is 781. The predicted octanol–water partition coefficient (Wildman–Crippen LogP) is 4.49. The standard InChI is InChI=1S/C21H29NO3Si/c1-21(2,3)14-10-11-15(18(22)13-20(23)24)17(12-14)16-8-6-7-9-19(16)25-26(4)5/h6-12,18,26H,13,22H2,1-5H3,(H,23,24). The van der Waals surface area contributed by atoms with Crippen LogP contribution in [0.4, 0.5) is 0 Å². The number of carbonyl (C=O) groups is 1. The summed E-state index contributed by atoms with van der Waals surface area (Å²) in [7, 11) is -1.28. The highest BCUT2D eigenvalue weighted by Crippen LogP contribution is 2.38. The van der Waals surface area contributed by atoms with Crippen molar-refractivity contribution in [2.24, 2.45) is 5.73 Å². The van der Waals surface area contributed by atoms with Crippen molar-refractivity contribution in [2.45, 2.75) is 51.7 Å². The second-order valence-electron chi connectivity index (χ2n) is 7.92. The lowest BCUT2D eigenvalue weighted by Gasteiger charge is -2.24. The highest BCUT2D eigenvalue weighted by atomic mass is 28.3. The summed E-state index contributed by atoms with van der Waals surface area (Å²) in [6.07, 6.45) is -0.107. The van der Waals surface area contributed by atoms with Crippen LogP contribution in [0, 0.1) is 0 Å². The van der Waals surface area contributed by atoms with E-state index < -0.39 is 21.1 Å². The van der Waals surface area contributed by atoms with Crippen molar-refractivity contribution in [1.82, 2.24) is 0 Å². The molecule has 0 aliphatic rings. The van der Waals surface area contributed by atoms with E-state index >= 15 is 0 Å². The zero-order valence-corrected chi connectivity index (χ0v) is 17.4. The number of aliphatic carboxylic acids is 1. The van der Waals surface area contributed by atoms with Crippen LogP contribution in [-0.4, -0.2) is 20.1 Å². The molecule has 0 aliphatic carbocycles. The number of nitrogens with two attached hydrogens (primary N) is 1. The number of hydrogen-bond donors (Lipinski definition) is 2. The summed E-state index contributed by atoms with van der Waals surface area (Å²) in [5.74, 6) is -0.0635. The molecule has 26 heavy (non-hydrogen) atoms. The summed E-state index contributed by atoms with van der Waals surface area (Å²) in [4.78, 5) is 11.2. The molecule has 1 unspecified atom stereocenters. The lowest BCUT2D eigenvalue weighted by Crippen LogP contribution is -2.18. The van der Waals surface area contributed by atoms with Gasteiger partial charge < -0.3 is 15.3 Å². The van der Waals surface area contributed by atoms with E-state index in [1.165, 1.54) is 5.56 Å². The predicted molar refractivity (Wildman–Crippen MR) is 109 cm³/mol. The number of carboxylic acids is 1. The minimum atomic E-state index is -1.28. The summed E-state index contributed by atoms with van der Waals surface area (Å²) in [5, 5.41) is 9.16. The summed E-state index contributed by atoms with van der Waals surface area (Å²) in [6, 6.07) is 13.5. The molecule has 5 heteroatoms. The van der Waals surface area contributed by atoms with E-state index in [4.69, 9.17) is 15.3 Å². The molecule has 0 fully saturated rings. The first-order valence-electron chi connectivity index (χ1n) is 8.97. The number of benzene rings is 2.